The highest BCUT2D eigenvalue weighted by atomic mass is 19.1. The maximum Gasteiger partial charge on any atom is 0.408 e. The van der Waals surface area contributed by atoms with Crippen LogP contribution < -0.4 is 43.0 Å². The van der Waals surface area contributed by atoms with Gasteiger partial charge in [-0.2, -0.15) is 5.26 Å². The van der Waals surface area contributed by atoms with E-state index in [0.717, 1.165) is 11.1 Å². The summed E-state index contributed by atoms with van der Waals surface area (Å²) in [6.07, 6.45) is 5.28. The summed E-state index contributed by atoms with van der Waals surface area (Å²) in [7, 11) is 5.84. The van der Waals surface area contributed by atoms with Gasteiger partial charge in [0.2, 0.25) is 0 Å². The lowest BCUT2D eigenvalue weighted by Gasteiger charge is -2.24. The molecular formula is C92H106F3N19O15. The number of carboxylic acid groups (broad SMARTS) is 1. The summed E-state index contributed by atoms with van der Waals surface area (Å²) in [6.45, 7) is 29.5. The number of nitrogen functional groups attached to an aromatic ring is 1. The number of nitrogens with zero attached hydrogens (tertiary/aromatic N) is 11. The van der Waals surface area contributed by atoms with Gasteiger partial charge in [0.25, 0.3) is 17.7 Å². The number of nitriles is 1. The number of nitrogens with one attached hydrogen (secondary N) is 7. The fourth-order valence-corrected chi connectivity index (χ4v) is 12.3. The van der Waals surface area contributed by atoms with Crippen LogP contribution in [0.3, 0.4) is 0 Å². The van der Waals surface area contributed by atoms with Crippen molar-refractivity contribution in [2.75, 3.05) is 39.3 Å². The molecule has 0 aliphatic rings. The maximum atomic E-state index is 14.1. The zero-order valence-corrected chi connectivity index (χ0v) is 75.4. The van der Waals surface area contributed by atoms with Crippen LogP contribution in [0.25, 0.3) is 66.5 Å². The molecule has 0 spiro atoms. The number of hydroxylamine groups is 2. The Kier molecular flexibility index (Phi) is 35.1. The van der Waals surface area contributed by atoms with Crippen LogP contribution in [0.4, 0.5) is 44.0 Å². The number of carbonyl (C=O) groups excluding carboxylic acids is 8. The molecule has 0 fully saturated rings. The third kappa shape index (κ3) is 29.3. The Balaban J connectivity index is 0.000000226. The number of carboxylic acids is 1. The molecule has 8 heterocycles. The van der Waals surface area contributed by atoms with Crippen molar-refractivity contribution in [1.82, 2.24) is 81.8 Å². The zero-order valence-electron chi connectivity index (χ0n) is 75.4. The lowest BCUT2D eigenvalue weighted by Crippen LogP contribution is -2.46. The summed E-state index contributed by atoms with van der Waals surface area (Å²) in [4.78, 5) is 153. The first-order valence-corrected chi connectivity index (χ1v) is 40.4. The normalized spacial score (nSPS) is 12.3. The number of ether oxygens (including phenoxy) is 4. The van der Waals surface area contributed by atoms with E-state index in [-0.39, 0.29) is 68.6 Å². The van der Waals surface area contributed by atoms with Gasteiger partial charge in [0.15, 0.2) is 5.78 Å². The molecule has 3 aromatic carbocycles. The molecule has 680 valence electrons. The van der Waals surface area contributed by atoms with E-state index in [1.807, 2.05) is 12.1 Å². The van der Waals surface area contributed by atoms with E-state index in [2.05, 4.69) is 77.1 Å². The topological polar surface area (TPSA) is 473 Å². The van der Waals surface area contributed by atoms with Gasteiger partial charge < -0.3 is 67.0 Å². The molecule has 129 heavy (non-hydrogen) atoms. The van der Waals surface area contributed by atoms with E-state index in [4.69, 9.17) is 34.5 Å². The smallest absolute Gasteiger partial charge is 0.408 e. The summed E-state index contributed by atoms with van der Waals surface area (Å²) in [6, 6.07) is 31.7. The van der Waals surface area contributed by atoms with Crippen molar-refractivity contribution in [3.8, 4) is 39.8 Å². The number of ketones is 1. The SMILES string of the molecule is CC(NC(=O)OC(C)(C)C)c1nc2ccc(F)cc2c(C(=O)O)c1-c1ccccn1.CNC(=O)c1c(-c2ccccn2)c(C(C)NC(=O)OC(C)(C)C)nc2ccc(F)cc12.CNC(=O)c1c(-c2ccccn2)c([C@H](C)Nc2ncnc(N)c2C#N)nc2ccc(F)cc12.CON(C)C(=O)[C@H](C)NC(=O)OC(C)(C)C.C[C@H](NC(=O)OC(C)(C)C)C(=O)Cc1ccccn1. The van der Waals surface area contributed by atoms with Crippen LogP contribution in [0.5, 0.6) is 0 Å². The summed E-state index contributed by atoms with van der Waals surface area (Å²) in [5.41, 5.74) is 9.11. The van der Waals surface area contributed by atoms with Gasteiger partial charge in [0.1, 0.15) is 75.5 Å². The van der Waals surface area contributed by atoms with E-state index in [9.17, 15) is 66.7 Å². The first kappa shape index (κ1) is 101. The number of aromatic carboxylic acids is 1. The Morgan fingerprint density at radius 1 is 0.473 bits per heavy atom. The number of nitrogens with two attached hydrogens (primary N) is 1. The lowest BCUT2D eigenvalue weighted by molar-refractivity contribution is -0.170. The molecule has 11 aromatic rings. The lowest BCUT2D eigenvalue weighted by atomic mass is 9.94. The summed E-state index contributed by atoms with van der Waals surface area (Å²) in [5, 5.41) is 40.1. The van der Waals surface area contributed by atoms with Gasteiger partial charge in [-0.1, -0.05) is 24.3 Å². The molecule has 0 bridgehead atoms. The monoisotopic (exact) mass is 1770 g/mol. The van der Waals surface area contributed by atoms with Crippen molar-refractivity contribution in [2.24, 2.45) is 0 Å². The molecule has 34 nitrogen and oxygen atoms in total. The Hall–Kier alpha value is -15.0. The van der Waals surface area contributed by atoms with Gasteiger partial charge in [-0.05, 0) is 221 Å². The van der Waals surface area contributed by atoms with Crippen molar-refractivity contribution in [2.45, 2.75) is 177 Å². The highest BCUT2D eigenvalue weighted by Crippen LogP contribution is 2.39. The van der Waals surface area contributed by atoms with Crippen LogP contribution in [0, 0.1) is 28.8 Å². The van der Waals surface area contributed by atoms with E-state index in [1.54, 1.807) is 203 Å². The standard InChI is InChI=1S/C23H19FN8O.C23H25FN4O3.C22H22FN3O4.C14H20N2O3.C10H20N2O4/c1-12(31-22-15(10-25)21(26)29-11-30-22)20-19(17-5-3-4-8-28-17)18(23(33)27-2)14-9-13(24)6-7-16(14)32-20;1-13(27-22(30)31-23(2,3)4)20-19(17-8-6-7-11-26-17)18(21(29)25-5)15-12-14(24)9-10-16(15)28-20;1-12(25-21(29)30-22(2,3)4)19-18(16-7-5-6-10-24-16)17(20(27)28)14-11-13(23)8-9-15(14)26-19;1-10(16-13(18)19-14(2,3)4)12(17)9-11-7-5-6-8-15-11;1-7(8(13)12(5)15-6)11-9(14)16-10(2,3)4/h3-9,11-12H,1-2H3,(H,27,33)(H3,26,29,30,31);6-13H,1-5H3,(H,25,29)(H,27,30);5-12H,1-4H3,(H,25,29)(H,27,28);5-8,10H,9H2,1-4H3,(H,16,18);7H,1-6H3,(H,11,14)/t12-;;;10-;7-/m0..00/s1. The molecule has 37 heteroatoms. The first-order chi connectivity index (χ1) is 60.6. The van der Waals surface area contributed by atoms with Crippen LogP contribution in [0.2, 0.25) is 0 Å². The fourth-order valence-electron chi connectivity index (χ4n) is 12.3. The maximum absolute atomic E-state index is 14.1. The fraction of sp³-hybridized carbons (Fsp3) is 0.337. The number of benzene rings is 3. The molecule has 8 aromatic heterocycles. The molecule has 7 amide bonds. The number of alkyl carbamates (subject to hydrolysis) is 4. The van der Waals surface area contributed by atoms with Crippen molar-refractivity contribution >= 4 is 98.2 Å². The molecule has 10 N–H and O–H groups in total. The first-order valence-electron chi connectivity index (χ1n) is 40.4. The molecular weight excluding hydrogens is 1670 g/mol. The summed E-state index contributed by atoms with van der Waals surface area (Å²) in [5.74, 6) is -3.82. The minimum absolute atomic E-state index is 0.0418. The number of fused-ring (bicyclic) bond motifs is 3. The number of rotatable bonds is 20. The number of carbonyl (C=O) groups is 9. The van der Waals surface area contributed by atoms with Gasteiger partial charge in [0.05, 0.1) is 105 Å². The van der Waals surface area contributed by atoms with Crippen LogP contribution in [-0.4, -0.2) is 172 Å². The molecule has 0 aliphatic carbocycles. The van der Waals surface area contributed by atoms with Gasteiger partial charge in [-0.15, -0.1) is 0 Å². The molecule has 5 atom stereocenters. The van der Waals surface area contributed by atoms with Gasteiger partial charge >= 0.3 is 30.3 Å². The Morgan fingerprint density at radius 2 is 0.822 bits per heavy atom. The summed E-state index contributed by atoms with van der Waals surface area (Å²) < 4.78 is 62.8. The van der Waals surface area contributed by atoms with Crippen LogP contribution in [0.15, 0.2) is 159 Å². The number of hydrogen-bond donors (Lipinski definition) is 9. The second-order valence-corrected chi connectivity index (χ2v) is 32.7. The van der Waals surface area contributed by atoms with E-state index in [0.29, 0.717) is 72.6 Å². The van der Waals surface area contributed by atoms with Crippen LogP contribution in [0.1, 0.15) is 195 Å². The van der Waals surface area contributed by atoms with E-state index < -0.39 is 112 Å². The van der Waals surface area contributed by atoms with Gasteiger partial charge in [0, 0.05) is 84.5 Å². The Morgan fingerprint density at radius 3 is 1.16 bits per heavy atom. The number of amides is 7. The number of hydrogen-bond acceptors (Lipinski definition) is 26. The predicted octanol–water partition coefficient (Wildman–Crippen LogP) is 15.3. The largest absolute Gasteiger partial charge is 0.478 e. The van der Waals surface area contributed by atoms with Crippen molar-refractivity contribution in [3.63, 3.8) is 0 Å². The molecule has 0 radical (unpaired) electrons. The molecule has 11 rings (SSSR count). The third-order valence-corrected chi connectivity index (χ3v) is 17.8. The molecule has 0 saturated carbocycles. The van der Waals surface area contributed by atoms with Crippen molar-refractivity contribution in [1.29, 1.82) is 5.26 Å². The number of Topliss-reactive ketones (excluding diaryl/α,β-unsaturated/α-hetero) is 1. The van der Waals surface area contributed by atoms with E-state index in [1.165, 1.54) is 89.3 Å². The number of pyridine rings is 7. The minimum Gasteiger partial charge on any atom is -0.478 e. The highest BCUT2D eigenvalue weighted by Gasteiger charge is 2.33. The molecule has 2 unspecified atom stereocenters. The van der Waals surface area contributed by atoms with Gasteiger partial charge in [-0.3, -0.25) is 44.0 Å². The second kappa shape index (κ2) is 44.8. The minimum atomic E-state index is -1.25. The molecule has 0 aliphatic heterocycles. The van der Waals surface area contributed by atoms with E-state index >= 15 is 0 Å². The third-order valence-electron chi connectivity index (χ3n) is 17.8. The predicted molar refractivity (Wildman–Crippen MR) is 478 cm³/mol. The zero-order chi connectivity index (χ0) is 95.7. The Bertz CT molecular complexity index is 5900. The number of anilines is 2. The Labute approximate surface area is 743 Å². The molecule has 0 saturated heterocycles. The average Bonchev–Trinajstić information content (AvgIpc) is 0.759. The summed E-state index contributed by atoms with van der Waals surface area (Å²) >= 11 is 0. The van der Waals surface area contributed by atoms with Gasteiger partial charge in [-0.25, -0.2) is 67.1 Å². The number of likely N-dealkylation sites (N-methyl/N-ethyl adjacent to an activating group) is 1. The highest BCUT2D eigenvalue weighted by molar-refractivity contribution is 6.13. The van der Waals surface area contributed by atoms with Crippen LogP contribution in [-0.2, 0) is 39.8 Å². The van der Waals surface area contributed by atoms with Crippen molar-refractivity contribution < 1.29 is 85.2 Å². The average molecular weight is 1770 g/mol. The van der Waals surface area contributed by atoms with Crippen molar-refractivity contribution in [3.05, 3.63) is 221 Å². The number of aromatic nitrogens is 9. The van der Waals surface area contributed by atoms with Crippen LogP contribution >= 0.6 is 0 Å². The quantitative estimate of drug-likeness (QED) is 0.0253. The second-order valence-electron chi connectivity index (χ2n) is 32.7. The number of halogens is 3.